The fraction of sp³-hybridized carbons (Fsp3) is 0.333. The van der Waals surface area contributed by atoms with Crippen LogP contribution in [0.15, 0.2) is 47.7 Å². The van der Waals surface area contributed by atoms with Crippen LogP contribution in [0.25, 0.3) is 11.1 Å². The Balaban J connectivity index is 1.69. The van der Waals surface area contributed by atoms with Gasteiger partial charge in [0.15, 0.2) is 0 Å². The van der Waals surface area contributed by atoms with Crippen LogP contribution in [0.4, 0.5) is 20.3 Å². The first-order chi connectivity index (χ1) is 19.8. The predicted molar refractivity (Wildman–Crippen MR) is 155 cm³/mol. The molecule has 5 rings (SSSR count). The maximum atomic E-state index is 14.4. The second kappa shape index (κ2) is 10.6. The minimum Gasteiger partial charge on any atom is -0.496 e. The number of methoxy groups -OCH3 is 1. The number of hydrazone groups is 1. The zero-order chi connectivity index (χ0) is 30.5. The molecule has 2 atom stereocenters. The van der Waals surface area contributed by atoms with Crippen molar-refractivity contribution in [1.82, 2.24) is 15.2 Å². The first kappa shape index (κ1) is 28.8. The number of nitrogens with two attached hydrogens (primary N) is 1. The third-order valence-electron chi connectivity index (χ3n) is 7.62. The average molecular weight is 579 g/mol. The van der Waals surface area contributed by atoms with Crippen LogP contribution in [-0.4, -0.2) is 60.8 Å². The molecule has 3 heterocycles. The van der Waals surface area contributed by atoms with Crippen LogP contribution >= 0.6 is 0 Å². The summed E-state index contributed by atoms with van der Waals surface area (Å²) in [7, 11) is 4.68. The van der Waals surface area contributed by atoms with Crippen molar-refractivity contribution < 1.29 is 27.8 Å². The highest BCUT2D eigenvalue weighted by atomic mass is 19.1. The molecule has 2 aliphatic rings. The molecule has 2 aromatic carbocycles. The van der Waals surface area contributed by atoms with Crippen LogP contribution in [0.2, 0.25) is 0 Å². The van der Waals surface area contributed by atoms with Crippen molar-refractivity contribution >= 4 is 29.0 Å². The van der Waals surface area contributed by atoms with Gasteiger partial charge in [-0.25, -0.2) is 13.8 Å². The van der Waals surface area contributed by atoms with Crippen LogP contribution in [0.1, 0.15) is 42.7 Å². The third kappa shape index (κ3) is 4.97. The number of nitrogens with one attached hydrogen (secondary N) is 1. The van der Waals surface area contributed by atoms with Gasteiger partial charge >= 0.3 is 0 Å². The van der Waals surface area contributed by atoms with Crippen LogP contribution in [-0.2, 0) is 4.79 Å². The van der Waals surface area contributed by atoms with Crippen molar-refractivity contribution in [2.75, 3.05) is 38.6 Å². The first-order valence-electron chi connectivity index (χ1n) is 13.3. The maximum Gasteiger partial charge on any atom is 0.270 e. The van der Waals surface area contributed by atoms with Crippen molar-refractivity contribution in [2.45, 2.75) is 32.4 Å². The minimum absolute atomic E-state index is 0.0630. The number of pyridine rings is 1. The third-order valence-corrected chi connectivity index (χ3v) is 7.62. The second-order valence-corrected chi connectivity index (χ2v) is 11.2. The molecule has 220 valence electrons. The summed E-state index contributed by atoms with van der Waals surface area (Å²) in [6, 6.07) is 7.57. The Bertz CT molecular complexity index is 1600. The van der Waals surface area contributed by atoms with Crippen molar-refractivity contribution in [2.24, 2.45) is 11.0 Å². The molecule has 2 unspecified atom stereocenters. The Morgan fingerprint density at radius 2 is 1.83 bits per heavy atom. The number of nitrogen functional groups attached to an aromatic ring is 1. The highest BCUT2D eigenvalue weighted by molar-refractivity contribution is 6.40. The molecule has 3 aromatic rings. The number of carbonyl (C=O) groups excluding carboxylic acids is 2. The number of aromatic nitrogens is 1. The Kier molecular flexibility index (Phi) is 7.25. The summed E-state index contributed by atoms with van der Waals surface area (Å²) in [5.74, 6) is -1.88. The number of carbonyl (C=O) groups is 2. The number of benzene rings is 2. The number of amides is 2. The molecule has 1 aromatic heterocycles. The van der Waals surface area contributed by atoms with E-state index in [9.17, 15) is 18.4 Å². The fourth-order valence-electron chi connectivity index (χ4n) is 5.11. The Morgan fingerprint density at radius 3 is 2.45 bits per heavy atom. The molecule has 3 N–H and O–H groups in total. The molecule has 0 spiro atoms. The van der Waals surface area contributed by atoms with E-state index in [-0.39, 0.29) is 35.3 Å². The topological polar surface area (TPSA) is 122 Å². The summed E-state index contributed by atoms with van der Waals surface area (Å²) < 4.78 is 40.6. The van der Waals surface area contributed by atoms with E-state index in [1.807, 2.05) is 20.8 Å². The average Bonchev–Trinajstić information content (AvgIpc) is 3.34. The SMILES string of the molecule is CNC(=O)c1cc(-c2cc3c(cc2OC)OCC2C(C(=O)N(C)C(C)(C)C)=NN(c4cc(F)cc(F)c4)C32)cnc1N. The molecular formula is C30H32F2N6O4. The molecule has 10 nitrogen and oxygen atoms in total. The van der Waals surface area contributed by atoms with Gasteiger partial charge in [0.2, 0.25) is 0 Å². The summed E-state index contributed by atoms with van der Waals surface area (Å²) in [5, 5.41) is 8.67. The fourth-order valence-corrected chi connectivity index (χ4v) is 5.11. The molecule has 42 heavy (non-hydrogen) atoms. The van der Waals surface area contributed by atoms with Crippen LogP contribution in [0.5, 0.6) is 11.5 Å². The summed E-state index contributed by atoms with van der Waals surface area (Å²) >= 11 is 0. The van der Waals surface area contributed by atoms with E-state index in [2.05, 4.69) is 15.4 Å². The lowest BCUT2D eigenvalue weighted by Gasteiger charge is -2.36. The lowest BCUT2D eigenvalue weighted by atomic mass is 9.85. The Labute approximate surface area is 242 Å². The summed E-state index contributed by atoms with van der Waals surface area (Å²) in [4.78, 5) is 31.9. The zero-order valence-corrected chi connectivity index (χ0v) is 24.2. The number of anilines is 2. The molecular weight excluding hydrogens is 546 g/mol. The molecule has 0 fully saturated rings. The van der Waals surface area contributed by atoms with E-state index in [0.29, 0.717) is 28.2 Å². The number of hydrogen-bond donors (Lipinski definition) is 2. The van der Waals surface area contributed by atoms with Gasteiger partial charge in [-0.05, 0) is 45.0 Å². The van der Waals surface area contributed by atoms with Crippen molar-refractivity contribution in [3.63, 3.8) is 0 Å². The van der Waals surface area contributed by atoms with Gasteiger partial charge in [-0.3, -0.25) is 14.6 Å². The van der Waals surface area contributed by atoms with Gasteiger partial charge in [-0.2, -0.15) is 5.10 Å². The number of fused-ring (bicyclic) bond motifs is 3. The van der Waals surface area contributed by atoms with Gasteiger partial charge < -0.3 is 25.4 Å². The number of ether oxygens (including phenoxy) is 2. The van der Waals surface area contributed by atoms with Gasteiger partial charge in [0.25, 0.3) is 11.8 Å². The molecule has 12 heteroatoms. The number of nitrogens with zero attached hydrogens (tertiary/aromatic N) is 4. The van der Waals surface area contributed by atoms with Crippen LogP contribution in [0.3, 0.4) is 0 Å². The highest BCUT2D eigenvalue weighted by Crippen LogP contribution is 2.49. The summed E-state index contributed by atoms with van der Waals surface area (Å²) in [5.41, 5.74) is 7.70. The quantitative estimate of drug-likeness (QED) is 0.466. The van der Waals surface area contributed by atoms with E-state index in [0.717, 1.165) is 6.07 Å². The Hall–Kier alpha value is -4.74. The predicted octanol–water partition coefficient (Wildman–Crippen LogP) is 4.16. The summed E-state index contributed by atoms with van der Waals surface area (Å²) in [6.45, 7) is 5.80. The largest absolute Gasteiger partial charge is 0.496 e. The standard InChI is InChI=1S/C30H32F2N6O4/c1-30(2,3)37(5)29(40)25-22-14-42-24-12-23(41-6)19(15-7-21(28(39)34-4)27(33)35-13-15)11-20(24)26(22)38(36-25)18-9-16(31)8-17(32)10-18/h7-13,22,26H,14H2,1-6H3,(H2,33,35)(H,34,39). The van der Waals surface area contributed by atoms with Gasteiger partial charge in [0, 0.05) is 54.7 Å². The van der Waals surface area contributed by atoms with Crippen LogP contribution < -0.4 is 25.5 Å². The van der Waals surface area contributed by atoms with Gasteiger partial charge in [0.05, 0.1) is 36.9 Å². The maximum absolute atomic E-state index is 14.4. The zero-order valence-electron chi connectivity index (χ0n) is 24.2. The van der Waals surface area contributed by atoms with Gasteiger partial charge in [-0.15, -0.1) is 0 Å². The lowest BCUT2D eigenvalue weighted by Crippen LogP contribution is -2.48. The monoisotopic (exact) mass is 578 g/mol. The number of halogens is 2. The normalized spacial score (nSPS) is 17.5. The lowest BCUT2D eigenvalue weighted by molar-refractivity contribution is -0.127. The van der Waals surface area contributed by atoms with Gasteiger partial charge in [0.1, 0.15) is 34.7 Å². The second-order valence-electron chi connectivity index (χ2n) is 11.2. The van der Waals surface area contributed by atoms with E-state index in [1.54, 1.807) is 30.1 Å². The van der Waals surface area contributed by atoms with Crippen LogP contribution in [0, 0.1) is 17.6 Å². The first-order valence-corrected chi connectivity index (χ1v) is 13.3. The van der Waals surface area contributed by atoms with Gasteiger partial charge in [-0.1, -0.05) is 0 Å². The smallest absolute Gasteiger partial charge is 0.270 e. The molecule has 2 amide bonds. The van der Waals surface area contributed by atoms with E-state index in [1.165, 1.54) is 37.5 Å². The van der Waals surface area contributed by atoms with E-state index < -0.39 is 35.0 Å². The van der Waals surface area contributed by atoms with Crippen molar-refractivity contribution in [3.05, 3.63) is 65.4 Å². The highest BCUT2D eigenvalue weighted by Gasteiger charge is 2.48. The van der Waals surface area contributed by atoms with E-state index in [4.69, 9.17) is 15.2 Å². The van der Waals surface area contributed by atoms with E-state index >= 15 is 0 Å². The number of hydrogen-bond acceptors (Lipinski definition) is 8. The molecule has 0 radical (unpaired) electrons. The summed E-state index contributed by atoms with van der Waals surface area (Å²) in [6.07, 6.45) is 1.52. The molecule has 0 saturated carbocycles. The molecule has 0 saturated heterocycles. The molecule has 2 aliphatic heterocycles. The molecule has 0 bridgehead atoms. The minimum atomic E-state index is -0.777. The van der Waals surface area contributed by atoms with Crippen molar-refractivity contribution in [1.29, 1.82) is 0 Å². The van der Waals surface area contributed by atoms with Crippen molar-refractivity contribution in [3.8, 4) is 22.6 Å². The molecule has 0 aliphatic carbocycles. The Morgan fingerprint density at radius 1 is 1.14 bits per heavy atom. The number of rotatable bonds is 5.